The van der Waals surface area contributed by atoms with E-state index in [1.165, 1.54) is 19.2 Å². The second-order valence-electron chi connectivity index (χ2n) is 2.85. The summed E-state index contributed by atoms with van der Waals surface area (Å²) in [5.41, 5.74) is 0.211. The summed E-state index contributed by atoms with van der Waals surface area (Å²) in [5.74, 6) is -0.790. The molecule has 0 aliphatic heterocycles. The Kier molecular flexibility index (Phi) is 4.37. The van der Waals surface area contributed by atoms with Crippen molar-refractivity contribution in [3.8, 4) is 0 Å². The maximum Gasteiger partial charge on any atom is 0.307 e. The second-order valence-corrected chi connectivity index (χ2v) is 3.26. The van der Waals surface area contributed by atoms with Crippen LogP contribution in [0.15, 0.2) is 18.2 Å². The van der Waals surface area contributed by atoms with Crippen molar-refractivity contribution in [2.75, 3.05) is 19.0 Å². The Morgan fingerprint density at radius 3 is 2.93 bits per heavy atom. The summed E-state index contributed by atoms with van der Waals surface area (Å²) < 4.78 is 17.6. The van der Waals surface area contributed by atoms with Crippen molar-refractivity contribution in [2.45, 2.75) is 6.42 Å². The molecule has 15 heavy (non-hydrogen) atoms. The Hall–Kier alpha value is -1.29. The average molecular weight is 232 g/mol. The van der Waals surface area contributed by atoms with E-state index in [1.54, 1.807) is 6.07 Å². The van der Waals surface area contributed by atoms with Gasteiger partial charge >= 0.3 is 5.97 Å². The number of esters is 1. The van der Waals surface area contributed by atoms with Crippen molar-refractivity contribution in [3.63, 3.8) is 0 Å². The van der Waals surface area contributed by atoms with Crippen LogP contribution in [0, 0.1) is 5.82 Å². The summed E-state index contributed by atoms with van der Waals surface area (Å²) in [5, 5.41) is 3.03. The number of hydrogen-bond acceptors (Lipinski definition) is 3. The molecule has 0 saturated heterocycles. The number of carbonyl (C=O) groups excluding carboxylic acids is 1. The molecule has 0 unspecified atom stereocenters. The van der Waals surface area contributed by atoms with Crippen LogP contribution >= 0.6 is 11.6 Å². The van der Waals surface area contributed by atoms with Crippen LogP contribution in [0.1, 0.15) is 6.42 Å². The first-order chi connectivity index (χ1) is 7.15. The van der Waals surface area contributed by atoms with Gasteiger partial charge < -0.3 is 10.1 Å². The number of rotatable bonds is 4. The molecule has 0 aliphatic rings. The molecule has 1 N–H and O–H groups in total. The van der Waals surface area contributed by atoms with Gasteiger partial charge in [0.25, 0.3) is 0 Å². The van der Waals surface area contributed by atoms with Crippen LogP contribution < -0.4 is 5.32 Å². The molecule has 0 bridgehead atoms. The SMILES string of the molecule is COC(=O)CCNc1c(F)cccc1Cl. The van der Waals surface area contributed by atoms with E-state index in [0.717, 1.165) is 0 Å². The Bertz CT molecular complexity index is 337. The molecule has 0 heterocycles. The van der Waals surface area contributed by atoms with Crippen LogP contribution in [0.5, 0.6) is 0 Å². The highest BCUT2D eigenvalue weighted by Gasteiger charge is 2.06. The molecule has 0 aromatic heterocycles. The molecule has 1 rings (SSSR count). The lowest BCUT2D eigenvalue weighted by atomic mass is 10.3. The van der Waals surface area contributed by atoms with Crippen molar-refractivity contribution in [1.29, 1.82) is 0 Å². The first kappa shape index (κ1) is 11.8. The molecule has 5 heteroatoms. The van der Waals surface area contributed by atoms with E-state index in [4.69, 9.17) is 11.6 Å². The number of methoxy groups -OCH3 is 1. The lowest BCUT2D eigenvalue weighted by Crippen LogP contribution is -2.10. The number of nitrogens with one attached hydrogen (secondary N) is 1. The number of anilines is 1. The predicted molar refractivity (Wildman–Crippen MR) is 56.5 cm³/mol. The van der Waals surface area contributed by atoms with Gasteiger partial charge in [-0.05, 0) is 12.1 Å². The third kappa shape index (κ3) is 3.40. The monoisotopic (exact) mass is 231 g/mol. The zero-order chi connectivity index (χ0) is 11.3. The molecule has 0 aliphatic carbocycles. The van der Waals surface area contributed by atoms with Gasteiger partial charge in [0.1, 0.15) is 5.82 Å². The predicted octanol–water partition coefficient (Wildman–Crippen LogP) is 2.45. The molecule has 0 fully saturated rings. The largest absolute Gasteiger partial charge is 0.469 e. The number of ether oxygens (including phenoxy) is 1. The van der Waals surface area contributed by atoms with Crippen LogP contribution in [0.2, 0.25) is 5.02 Å². The van der Waals surface area contributed by atoms with E-state index < -0.39 is 5.82 Å². The van der Waals surface area contributed by atoms with Gasteiger partial charge in [-0.15, -0.1) is 0 Å². The smallest absolute Gasteiger partial charge is 0.307 e. The highest BCUT2D eigenvalue weighted by molar-refractivity contribution is 6.33. The summed E-state index contributed by atoms with van der Waals surface area (Å²) >= 11 is 5.76. The minimum absolute atomic E-state index is 0.168. The minimum atomic E-state index is -0.438. The molecule has 1 aromatic rings. The zero-order valence-corrected chi connectivity index (χ0v) is 8.97. The molecular weight excluding hydrogens is 221 g/mol. The number of halogens is 2. The quantitative estimate of drug-likeness (QED) is 0.809. The fourth-order valence-corrected chi connectivity index (χ4v) is 1.29. The van der Waals surface area contributed by atoms with E-state index in [-0.39, 0.29) is 24.6 Å². The molecule has 0 radical (unpaired) electrons. The number of hydrogen-bond donors (Lipinski definition) is 1. The Balaban J connectivity index is 2.54. The van der Waals surface area contributed by atoms with Crippen molar-refractivity contribution in [3.05, 3.63) is 29.0 Å². The molecule has 0 saturated carbocycles. The van der Waals surface area contributed by atoms with E-state index in [9.17, 15) is 9.18 Å². The molecular formula is C10H11ClFNO2. The summed E-state index contributed by atoms with van der Waals surface area (Å²) in [7, 11) is 1.30. The third-order valence-electron chi connectivity index (χ3n) is 1.82. The Labute approximate surface area is 92.2 Å². The standard InChI is InChI=1S/C10H11ClFNO2/c1-15-9(14)5-6-13-10-7(11)3-2-4-8(10)12/h2-4,13H,5-6H2,1H3. The zero-order valence-electron chi connectivity index (χ0n) is 8.22. The van der Waals surface area contributed by atoms with Crippen molar-refractivity contribution in [1.82, 2.24) is 0 Å². The summed E-state index contributed by atoms with van der Waals surface area (Å²) in [6.45, 7) is 0.285. The first-order valence-electron chi connectivity index (χ1n) is 4.40. The first-order valence-corrected chi connectivity index (χ1v) is 4.77. The van der Waals surface area contributed by atoms with Crippen LogP contribution in [0.4, 0.5) is 10.1 Å². The van der Waals surface area contributed by atoms with E-state index in [0.29, 0.717) is 5.02 Å². The molecule has 0 atom stereocenters. The van der Waals surface area contributed by atoms with Gasteiger partial charge in [-0.1, -0.05) is 17.7 Å². The summed E-state index contributed by atoms with van der Waals surface area (Å²) in [4.78, 5) is 10.8. The van der Waals surface area contributed by atoms with Crippen LogP contribution in [-0.2, 0) is 9.53 Å². The van der Waals surface area contributed by atoms with Gasteiger partial charge in [-0.2, -0.15) is 0 Å². The summed E-state index contributed by atoms with van der Waals surface area (Å²) in [6.07, 6.45) is 0.168. The molecule has 0 amide bonds. The molecule has 82 valence electrons. The van der Waals surface area contributed by atoms with Crippen LogP contribution in [-0.4, -0.2) is 19.6 Å². The number of benzene rings is 1. The average Bonchev–Trinajstić information content (AvgIpc) is 2.22. The highest BCUT2D eigenvalue weighted by Crippen LogP contribution is 2.24. The van der Waals surface area contributed by atoms with Crippen LogP contribution in [0.25, 0.3) is 0 Å². The fourth-order valence-electron chi connectivity index (χ4n) is 1.06. The van der Waals surface area contributed by atoms with Crippen LogP contribution in [0.3, 0.4) is 0 Å². The summed E-state index contributed by atoms with van der Waals surface area (Å²) in [6, 6.07) is 4.39. The number of carbonyl (C=O) groups is 1. The van der Waals surface area contributed by atoms with E-state index in [1.807, 2.05) is 0 Å². The topological polar surface area (TPSA) is 38.3 Å². The highest BCUT2D eigenvalue weighted by atomic mass is 35.5. The Morgan fingerprint density at radius 2 is 2.33 bits per heavy atom. The van der Waals surface area contributed by atoms with Crippen molar-refractivity contribution < 1.29 is 13.9 Å². The molecule has 3 nitrogen and oxygen atoms in total. The van der Waals surface area contributed by atoms with Gasteiger partial charge in [-0.25, -0.2) is 4.39 Å². The fraction of sp³-hybridized carbons (Fsp3) is 0.300. The minimum Gasteiger partial charge on any atom is -0.469 e. The van der Waals surface area contributed by atoms with Crippen molar-refractivity contribution in [2.24, 2.45) is 0 Å². The van der Waals surface area contributed by atoms with Gasteiger partial charge in [0.05, 0.1) is 24.2 Å². The maximum atomic E-state index is 13.2. The third-order valence-corrected chi connectivity index (χ3v) is 2.14. The second kappa shape index (κ2) is 5.56. The van der Waals surface area contributed by atoms with Gasteiger partial charge in [0.15, 0.2) is 0 Å². The lowest BCUT2D eigenvalue weighted by molar-refractivity contribution is -0.140. The van der Waals surface area contributed by atoms with Gasteiger partial charge in [0, 0.05) is 6.54 Å². The molecule has 1 aromatic carbocycles. The van der Waals surface area contributed by atoms with E-state index in [2.05, 4.69) is 10.1 Å². The lowest BCUT2D eigenvalue weighted by Gasteiger charge is -2.08. The number of para-hydroxylation sites is 1. The van der Waals surface area contributed by atoms with Crippen molar-refractivity contribution >= 4 is 23.3 Å². The van der Waals surface area contributed by atoms with Gasteiger partial charge in [-0.3, -0.25) is 4.79 Å². The van der Waals surface area contributed by atoms with E-state index >= 15 is 0 Å². The van der Waals surface area contributed by atoms with Gasteiger partial charge in [0.2, 0.25) is 0 Å². The molecule has 0 spiro atoms. The Morgan fingerprint density at radius 1 is 1.60 bits per heavy atom. The normalized spacial score (nSPS) is 9.80. The maximum absolute atomic E-state index is 13.2.